The SMILES string of the molecule is Cn1nccc1-c1nnc(N2CCC(NCc3cnc(F)cc3C(F)(F)F)CC2)c2ccccc12. The maximum absolute atomic E-state index is 13.3. The van der Waals surface area contributed by atoms with Gasteiger partial charge in [-0.15, -0.1) is 10.2 Å². The molecule has 3 aromatic heterocycles. The molecule has 0 amide bonds. The smallest absolute Gasteiger partial charge is 0.354 e. The molecular formula is C24H23F4N7. The fraction of sp³-hybridized carbons (Fsp3) is 0.333. The molecule has 0 aliphatic carbocycles. The molecule has 0 bridgehead atoms. The fourth-order valence-corrected chi connectivity index (χ4v) is 4.53. The minimum atomic E-state index is -4.63. The second-order valence-corrected chi connectivity index (χ2v) is 8.56. The van der Waals surface area contributed by atoms with Gasteiger partial charge in [0.05, 0.1) is 11.3 Å². The third kappa shape index (κ3) is 4.68. The zero-order chi connectivity index (χ0) is 24.6. The summed E-state index contributed by atoms with van der Waals surface area (Å²) in [6, 6.07) is 10.3. The largest absolute Gasteiger partial charge is 0.416 e. The minimum absolute atomic E-state index is 0.0188. The van der Waals surface area contributed by atoms with E-state index in [-0.39, 0.29) is 18.2 Å². The van der Waals surface area contributed by atoms with Crippen LogP contribution in [0.1, 0.15) is 24.0 Å². The Hall–Kier alpha value is -3.60. The van der Waals surface area contributed by atoms with E-state index in [2.05, 4.69) is 30.5 Å². The number of nitrogens with one attached hydrogen (secondary N) is 1. The van der Waals surface area contributed by atoms with E-state index in [1.54, 1.807) is 10.9 Å². The van der Waals surface area contributed by atoms with Crippen molar-refractivity contribution in [2.24, 2.45) is 7.05 Å². The van der Waals surface area contributed by atoms with Crippen molar-refractivity contribution in [2.45, 2.75) is 31.6 Å². The molecule has 5 rings (SSSR count). The van der Waals surface area contributed by atoms with Crippen molar-refractivity contribution in [3.8, 4) is 11.4 Å². The van der Waals surface area contributed by atoms with E-state index in [4.69, 9.17) is 0 Å². The zero-order valence-electron chi connectivity index (χ0n) is 18.9. The summed E-state index contributed by atoms with van der Waals surface area (Å²) in [5, 5.41) is 18.4. The van der Waals surface area contributed by atoms with E-state index in [9.17, 15) is 17.6 Å². The summed E-state index contributed by atoms with van der Waals surface area (Å²) in [6.45, 7) is 1.32. The van der Waals surface area contributed by atoms with Crippen LogP contribution in [0.25, 0.3) is 22.2 Å². The first kappa shape index (κ1) is 23.2. The van der Waals surface area contributed by atoms with Gasteiger partial charge in [0.2, 0.25) is 5.95 Å². The Balaban J connectivity index is 1.30. The first-order valence-electron chi connectivity index (χ1n) is 11.2. The van der Waals surface area contributed by atoms with Crippen LogP contribution in [0.4, 0.5) is 23.4 Å². The van der Waals surface area contributed by atoms with Crippen molar-refractivity contribution < 1.29 is 17.6 Å². The normalized spacial score (nSPS) is 15.2. The van der Waals surface area contributed by atoms with Gasteiger partial charge in [-0.1, -0.05) is 24.3 Å². The van der Waals surface area contributed by atoms with Crippen LogP contribution < -0.4 is 10.2 Å². The molecule has 1 aliphatic heterocycles. The number of piperidine rings is 1. The van der Waals surface area contributed by atoms with Gasteiger partial charge in [0.25, 0.3) is 0 Å². The van der Waals surface area contributed by atoms with Gasteiger partial charge >= 0.3 is 6.18 Å². The number of aromatic nitrogens is 5. The predicted molar refractivity (Wildman–Crippen MR) is 123 cm³/mol. The van der Waals surface area contributed by atoms with E-state index in [1.807, 2.05) is 37.4 Å². The average molecular weight is 485 g/mol. The van der Waals surface area contributed by atoms with E-state index < -0.39 is 17.7 Å². The molecule has 7 nitrogen and oxygen atoms in total. The van der Waals surface area contributed by atoms with Crippen LogP contribution in [0.5, 0.6) is 0 Å². The van der Waals surface area contributed by atoms with Gasteiger partial charge in [0, 0.05) is 62.0 Å². The molecule has 182 valence electrons. The Morgan fingerprint density at radius 2 is 1.80 bits per heavy atom. The molecule has 11 heteroatoms. The number of pyridine rings is 1. The van der Waals surface area contributed by atoms with Crippen LogP contribution in [-0.2, 0) is 19.8 Å². The van der Waals surface area contributed by atoms with Gasteiger partial charge in [0.15, 0.2) is 5.82 Å². The molecule has 1 aliphatic rings. The Kier molecular flexibility index (Phi) is 6.10. The van der Waals surface area contributed by atoms with Crippen molar-refractivity contribution in [1.82, 2.24) is 30.3 Å². The maximum atomic E-state index is 13.3. The van der Waals surface area contributed by atoms with Gasteiger partial charge in [-0.2, -0.15) is 22.7 Å². The fourth-order valence-electron chi connectivity index (χ4n) is 4.53. The van der Waals surface area contributed by atoms with Gasteiger partial charge in [0.1, 0.15) is 5.69 Å². The number of rotatable bonds is 5. The van der Waals surface area contributed by atoms with E-state index in [0.717, 1.165) is 47.0 Å². The van der Waals surface area contributed by atoms with Crippen molar-refractivity contribution in [1.29, 1.82) is 0 Å². The molecule has 0 atom stereocenters. The molecule has 4 aromatic rings. The Morgan fingerprint density at radius 1 is 1.06 bits per heavy atom. The molecule has 35 heavy (non-hydrogen) atoms. The lowest BCUT2D eigenvalue weighted by Crippen LogP contribution is -2.43. The Bertz CT molecular complexity index is 1340. The highest BCUT2D eigenvalue weighted by molar-refractivity contribution is 5.99. The summed E-state index contributed by atoms with van der Waals surface area (Å²) in [5.41, 5.74) is 0.570. The number of anilines is 1. The highest BCUT2D eigenvalue weighted by atomic mass is 19.4. The van der Waals surface area contributed by atoms with Gasteiger partial charge in [-0.05, 0) is 24.5 Å². The predicted octanol–water partition coefficient (Wildman–Crippen LogP) is 4.34. The van der Waals surface area contributed by atoms with Crippen molar-refractivity contribution >= 4 is 16.6 Å². The third-order valence-corrected chi connectivity index (χ3v) is 6.37. The average Bonchev–Trinajstić information content (AvgIpc) is 3.28. The van der Waals surface area contributed by atoms with Crippen LogP contribution in [0.3, 0.4) is 0 Å². The second kappa shape index (κ2) is 9.21. The molecular weight excluding hydrogens is 462 g/mol. The summed E-state index contributed by atoms with van der Waals surface area (Å²) in [4.78, 5) is 5.55. The van der Waals surface area contributed by atoms with Crippen molar-refractivity contribution in [3.63, 3.8) is 0 Å². The molecule has 0 radical (unpaired) electrons. The lowest BCUT2D eigenvalue weighted by molar-refractivity contribution is -0.138. The number of benzene rings is 1. The van der Waals surface area contributed by atoms with Crippen molar-refractivity contribution in [3.05, 3.63) is 65.9 Å². The number of fused-ring (bicyclic) bond motifs is 1. The van der Waals surface area contributed by atoms with Gasteiger partial charge in [-0.25, -0.2) is 4.98 Å². The minimum Gasteiger partial charge on any atom is -0.354 e. The van der Waals surface area contributed by atoms with Crippen LogP contribution in [0, 0.1) is 5.95 Å². The topological polar surface area (TPSA) is 71.8 Å². The molecule has 4 heterocycles. The Labute approximate surface area is 198 Å². The quantitative estimate of drug-likeness (QED) is 0.335. The second-order valence-electron chi connectivity index (χ2n) is 8.56. The number of hydrogen-bond acceptors (Lipinski definition) is 6. The summed E-state index contributed by atoms with van der Waals surface area (Å²) >= 11 is 0. The monoisotopic (exact) mass is 485 g/mol. The molecule has 1 aromatic carbocycles. The maximum Gasteiger partial charge on any atom is 0.416 e. The van der Waals surface area contributed by atoms with E-state index >= 15 is 0 Å². The van der Waals surface area contributed by atoms with Crippen LogP contribution in [0.15, 0.2) is 48.8 Å². The molecule has 0 unspecified atom stereocenters. The summed E-state index contributed by atoms with van der Waals surface area (Å²) < 4.78 is 54.8. The van der Waals surface area contributed by atoms with Crippen molar-refractivity contribution in [2.75, 3.05) is 18.0 Å². The lowest BCUT2D eigenvalue weighted by Gasteiger charge is -2.33. The van der Waals surface area contributed by atoms with Crippen LogP contribution >= 0.6 is 0 Å². The number of halogens is 4. The first-order chi connectivity index (χ1) is 16.8. The number of alkyl halides is 3. The molecule has 0 saturated carbocycles. The highest BCUT2D eigenvalue weighted by Gasteiger charge is 2.34. The summed E-state index contributed by atoms with van der Waals surface area (Å²) in [5.74, 6) is -0.357. The molecule has 1 N–H and O–H groups in total. The lowest BCUT2D eigenvalue weighted by atomic mass is 10.0. The standard InChI is InChI=1S/C24H23F4N7/c1-34-20(6-9-31-34)22-17-4-2-3-5-18(17)23(33-32-22)35-10-7-16(8-11-35)29-13-15-14-30-21(25)12-19(15)24(26,27)28/h2-6,9,12,14,16,29H,7-8,10-11,13H2,1H3. The zero-order valence-corrected chi connectivity index (χ0v) is 18.9. The van der Waals surface area contributed by atoms with E-state index in [0.29, 0.717) is 19.2 Å². The molecule has 1 fully saturated rings. The summed E-state index contributed by atoms with van der Waals surface area (Å²) in [7, 11) is 1.86. The number of hydrogen-bond donors (Lipinski definition) is 1. The van der Waals surface area contributed by atoms with E-state index in [1.165, 1.54) is 0 Å². The van der Waals surface area contributed by atoms with Gasteiger partial charge in [-0.3, -0.25) is 4.68 Å². The number of nitrogens with zero attached hydrogens (tertiary/aromatic N) is 6. The van der Waals surface area contributed by atoms with Crippen LogP contribution in [-0.4, -0.2) is 44.1 Å². The highest BCUT2D eigenvalue weighted by Crippen LogP contribution is 2.33. The van der Waals surface area contributed by atoms with Gasteiger partial charge < -0.3 is 10.2 Å². The molecule has 1 saturated heterocycles. The Morgan fingerprint density at radius 3 is 2.49 bits per heavy atom. The first-order valence-corrected chi connectivity index (χ1v) is 11.2. The number of aryl methyl sites for hydroxylation is 1. The summed E-state index contributed by atoms with van der Waals surface area (Å²) in [6.07, 6.45) is -0.528. The van der Waals surface area contributed by atoms with Crippen LogP contribution in [0.2, 0.25) is 0 Å². The molecule has 0 spiro atoms. The third-order valence-electron chi connectivity index (χ3n) is 6.37.